The van der Waals surface area contributed by atoms with Crippen molar-refractivity contribution in [2.24, 2.45) is 5.73 Å². The Hall–Kier alpha value is -1.39. The van der Waals surface area contributed by atoms with Crippen LogP contribution >= 0.6 is 0 Å². The SMILES string of the molecule is CC(O)(CCN)c1cc2cc(F)ccc2o1. The Labute approximate surface area is 92.7 Å². The van der Waals surface area contributed by atoms with Gasteiger partial charge in [0.1, 0.15) is 22.8 Å². The van der Waals surface area contributed by atoms with Gasteiger partial charge in [-0.15, -0.1) is 0 Å². The molecule has 3 N–H and O–H groups in total. The monoisotopic (exact) mass is 223 g/mol. The Morgan fingerprint density at radius 3 is 2.88 bits per heavy atom. The zero-order valence-corrected chi connectivity index (χ0v) is 9.03. The van der Waals surface area contributed by atoms with E-state index in [-0.39, 0.29) is 5.82 Å². The average molecular weight is 223 g/mol. The highest BCUT2D eigenvalue weighted by Crippen LogP contribution is 2.30. The van der Waals surface area contributed by atoms with Gasteiger partial charge in [-0.3, -0.25) is 0 Å². The lowest BCUT2D eigenvalue weighted by Crippen LogP contribution is -2.24. The standard InChI is InChI=1S/C12H14FNO2/c1-12(15,4-5-14)11-7-8-6-9(13)2-3-10(8)16-11/h2-3,6-7,15H,4-5,14H2,1H3. The summed E-state index contributed by atoms with van der Waals surface area (Å²) in [6.07, 6.45) is 0.398. The minimum Gasteiger partial charge on any atom is -0.458 e. The molecule has 1 aromatic heterocycles. The van der Waals surface area contributed by atoms with Gasteiger partial charge in [0.05, 0.1) is 0 Å². The summed E-state index contributed by atoms with van der Waals surface area (Å²) in [5.74, 6) is 0.0943. The summed E-state index contributed by atoms with van der Waals surface area (Å²) in [4.78, 5) is 0. The molecule has 0 spiro atoms. The van der Waals surface area contributed by atoms with E-state index in [0.29, 0.717) is 29.7 Å². The van der Waals surface area contributed by atoms with Crippen LogP contribution in [0.25, 0.3) is 11.0 Å². The fraction of sp³-hybridized carbons (Fsp3) is 0.333. The molecule has 3 nitrogen and oxygen atoms in total. The maximum Gasteiger partial charge on any atom is 0.136 e. The van der Waals surface area contributed by atoms with Crippen molar-refractivity contribution in [1.29, 1.82) is 0 Å². The quantitative estimate of drug-likeness (QED) is 0.838. The molecular weight excluding hydrogens is 209 g/mol. The Balaban J connectivity index is 2.46. The van der Waals surface area contributed by atoms with E-state index in [9.17, 15) is 9.50 Å². The van der Waals surface area contributed by atoms with E-state index >= 15 is 0 Å². The number of furan rings is 1. The van der Waals surface area contributed by atoms with E-state index in [0.717, 1.165) is 0 Å². The number of aliphatic hydroxyl groups is 1. The molecule has 0 amide bonds. The van der Waals surface area contributed by atoms with E-state index in [2.05, 4.69) is 0 Å². The fourth-order valence-electron chi connectivity index (χ4n) is 1.68. The molecule has 0 aliphatic heterocycles. The van der Waals surface area contributed by atoms with Crippen molar-refractivity contribution in [3.63, 3.8) is 0 Å². The second kappa shape index (κ2) is 3.88. The van der Waals surface area contributed by atoms with Crippen LogP contribution in [-0.2, 0) is 5.60 Å². The lowest BCUT2D eigenvalue weighted by atomic mass is 9.99. The average Bonchev–Trinajstić information content (AvgIpc) is 2.61. The van der Waals surface area contributed by atoms with Gasteiger partial charge in [0.2, 0.25) is 0 Å². The van der Waals surface area contributed by atoms with Gasteiger partial charge in [-0.05, 0) is 44.2 Å². The van der Waals surface area contributed by atoms with Crippen molar-refractivity contribution in [2.75, 3.05) is 6.54 Å². The number of nitrogens with two attached hydrogens (primary N) is 1. The normalized spacial score (nSPS) is 15.2. The number of hydrogen-bond acceptors (Lipinski definition) is 3. The van der Waals surface area contributed by atoms with Crippen LogP contribution in [-0.4, -0.2) is 11.7 Å². The smallest absolute Gasteiger partial charge is 0.136 e. The lowest BCUT2D eigenvalue weighted by Gasteiger charge is -2.19. The molecule has 1 aromatic carbocycles. The molecule has 0 bridgehead atoms. The first kappa shape index (κ1) is 11.1. The summed E-state index contributed by atoms with van der Waals surface area (Å²) in [5, 5.41) is 10.7. The minimum absolute atomic E-state index is 0.321. The molecule has 0 aliphatic carbocycles. The number of rotatable bonds is 3. The molecule has 2 rings (SSSR count). The highest BCUT2D eigenvalue weighted by Gasteiger charge is 2.26. The van der Waals surface area contributed by atoms with Crippen molar-refractivity contribution in [3.8, 4) is 0 Å². The molecule has 2 aromatic rings. The van der Waals surface area contributed by atoms with E-state index < -0.39 is 5.60 Å². The molecule has 0 aliphatic rings. The molecule has 0 saturated heterocycles. The van der Waals surface area contributed by atoms with Gasteiger partial charge in [-0.2, -0.15) is 0 Å². The third-order valence-electron chi connectivity index (χ3n) is 2.64. The molecule has 4 heteroatoms. The van der Waals surface area contributed by atoms with E-state index in [1.54, 1.807) is 19.1 Å². The zero-order chi connectivity index (χ0) is 11.8. The Kier molecular flexibility index (Phi) is 2.69. The molecule has 0 fully saturated rings. The fourth-order valence-corrected chi connectivity index (χ4v) is 1.68. The summed E-state index contributed by atoms with van der Waals surface area (Å²) < 4.78 is 18.4. The molecule has 1 unspecified atom stereocenters. The first-order valence-corrected chi connectivity index (χ1v) is 5.15. The first-order chi connectivity index (χ1) is 7.53. The van der Waals surface area contributed by atoms with Crippen LogP contribution in [0.2, 0.25) is 0 Å². The van der Waals surface area contributed by atoms with E-state index in [4.69, 9.17) is 10.2 Å². The van der Waals surface area contributed by atoms with Gasteiger partial charge in [0.25, 0.3) is 0 Å². The van der Waals surface area contributed by atoms with E-state index in [1.165, 1.54) is 12.1 Å². The molecule has 1 atom stereocenters. The van der Waals surface area contributed by atoms with Crippen molar-refractivity contribution >= 4 is 11.0 Å². The maximum atomic E-state index is 13.0. The third kappa shape index (κ3) is 1.94. The summed E-state index contributed by atoms with van der Waals surface area (Å²) in [6, 6.07) is 5.90. The third-order valence-corrected chi connectivity index (χ3v) is 2.64. The zero-order valence-electron chi connectivity index (χ0n) is 9.03. The summed E-state index contributed by atoms with van der Waals surface area (Å²) in [7, 11) is 0. The van der Waals surface area contributed by atoms with Crippen molar-refractivity contribution < 1.29 is 13.9 Å². The van der Waals surface area contributed by atoms with Crippen molar-refractivity contribution in [3.05, 3.63) is 35.8 Å². The highest BCUT2D eigenvalue weighted by atomic mass is 19.1. The van der Waals surface area contributed by atoms with Crippen molar-refractivity contribution in [1.82, 2.24) is 0 Å². The van der Waals surface area contributed by atoms with Gasteiger partial charge in [0, 0.05) is 5.39 Å². The van der Waals surface area contributed by atoms with Gasteiger partial charge in [-0.1, -0.05) is 0 Å². The van der Waals surface area contributed by atoms with Crippen LogP contribution in [0, 0.1) is 5.82 Å². The van der Waals surface area contributed by atoms with E-state index in [1.807, 2.05) is 0 Å². The van der Waals surface area contributed by atoms with Crippen LogP contribution in [0.1, 0.15) is 19.1 Å². The number of benzene rings is 1. The molecule has 16 heavy (non-hydrogen) atoms. The second-order valence-corrected chi connectivity index (χ2v) is 4.11. The molecular formula is C12H14FNO2. The topological polar surface area (TPSA) is 59.4 Å². The number of fused-ring (bicyclic) bond motifs is 1. The maximum absolute atomic E-state index is 13.0. The van der Waals surface area contributed by atoms with Crippen LogP contribution in [0.3, 0.4) is 0 Å². The van der Waals surface area contributed by atoms with Crippen LogP contribution in [0.15, 0.2) is 28.7 Å². The van der Waals surface area contributed by atoms with Gasteiger partial charge < -0.3 is 15.3 Å². The first-order valence-electron chi connectivity index (χ1n) is 5.15. The van der Waals surface area contributed by atoms with Crippen molar-refractivity contribution in [2.45, 2.75) is 18.9 Å². The Morgan fingerprint density at radius 1 is 1.44 bits per heavy atom. The van der Waals surface area contributed by atoms with Crippen LogP contribution in [0.4, 0.5) is 4.39 Å². The summed E-state index contributed by atoms with van der Waals surface area (Å²) >= 11 is 0. The molecule has 1 heterocycles. The molecule has 0 saturated carbocycles. The number of halogens is 1. The second-order valence-electron chi connectivity index (χ2n) is 4.11. The minimum atomic E-state index is -1.11. The molecule has 86 valence electrons. The summed E-state index contributed by atoms with van der Waals surface area (Å²) in [6.45, 7) is 1.99. The highest BCUT2D eigenvalue weighted by molar-refractivity contribution is 5.78. The molecule has 0 radical (unpaired) electrons. The van der Waals surface area contributed by atoms with Gasteiger partial charge >= 0.3 is 0 Å². The van der Waals surface area contributed by atoms with Crippen LogP contribution < -0.4 is 5.73 Å². The van der Waals surface area contributed by atoms with Gasteiger partial charge in [-0.25, -0.2) is 4.39 Å². The predicted octanol–water partition coefficient (Wildman–Crippen LogP) is 2.13. The van der Waals surface area contributed by atoms with Gasteiger partial charge in [0.15, 0.2) is 0 Å². The van der Waals surface area contributed by atoms with Crippen LogP contribution in [0.5, 0.6) is 0 Å². The Bertz CT molecular complexity index is 505. The number of hydrogen-bond donors (Lipinski definition) is 2. The predicted molar refractivity (Wildman–Crippen MR) is 59.4 cm³/mol. The lowest BCUT2D eigenvalue weighted by molar-refractivity contribution is 0.0293. The summed E-state index contributed by atoms with van der Waals surface area (Å²) in [5.41, 5.74) is 4.87. The Morgan fingerprint density at radius 2 is 2.19 bits per heavy atom. The largest absolute Gasteiger partial charge is 0.458 e.